The Labute approximate surface area is 193 Å². The molecule has 1 amide bonds. The second-order valence-corrected chi connectivity index (χ2v) is 8.52. The lowest BCUT2D eigenvalue weighted by Gasteiger charge is -2.07. The SMILES string of the molecule is Cc1c(NC(=O)CSc2nnc(-c3ccc(Cl)cc3)n2C)c(=O)n(-c2ccccc2)n1C. The van der Waals surface area contributed by atoms with Gasteiger partial charge in [-0.2, -0.15) is 0 Å². The fourth-order valence-electron chi connectivity index (χ4n) is 3.31. The smallest absolute Gasteiger partial charge is 0.295 e. The van der Waals surface area contributed by atoms with Crippen molar-refractivity contribution in [3.63, 3.8) is 0 Å². The number of halogens is 1. The van der Waals surface area contributed by atoms with Gasteiger partial charge in [-0.15, -0.1) is 10.2 Å². The van der Waals surface area contributed by atoms with Crippen LogP contribution in [0, 0.1) is 6.92 Å². The van der Waals surface area contributed by atoms with Gasteiger partial charge >= 0.3 is 0 Å². The van der Waals surface area contributed by atoms with E-state index in [1.54, 1.807) is 30.8 Å². The Bertz CT molecular complexity index is 1330. The first-order valence-electron chi connectivity index (χ1n) is 9.79. The summed E-state index contributed by atoms with van der Waals surface area (Å²) in [5.74, 6) is 0.470. The molecule has 2 aromatic heterocycles. The Morgan fingerprint density at radius 1 is 1.06 bits per heavy atom. The molecule has 4 aromatic rings. The molecule has 0 saturated heterocycles. The summed E-state index contributed by atoms with van der Waals surface area (Å²) in [6, 6.07) is 16.6. The maximum Gasteiger partial charge on any atom is 0.295 e. The van der Waals surface area contributed by atoms with Crippen molar-refractivity contribution in [2.75, 3.05) is 11.1 Å². The number of hydrogen-bond acceptors (Lipinski definition) is 5. The van der Waals surface area contributed by atoms with E-state index in [2.05, 4.69) is 15.5 Å². The molecule has 0 aliphatic heterocycles. The van der Waals surface area contributed by atoms with Crippen molar-refractivity contribution in [3.8, 4) is 17.1 Å². The number of carbonyl (C=O) groups is 1. The Hall–Kier alpha value is -3.30. The van der Waals surface area contributed by atoms with Crippen LogP contribution >= 0.6 is 23.4 Å². The molecule has 0 fully saturated rings. The van der Waals surface area contributed by atoms with Gasteiger partial charge in [-0.3, -0.25) is 14.3 Å². The molecule has 0 unspecified atom stereocenters. The number of para-hydroxylation sites is 1. The lowest BCUT2D eigenvalue weighted by Crippen LogP contribution is -2.23. The molecule has 8 nitrogen and oxygen atoms in total. The molecule has 4 rings (SSSR count). The van der Waals surface area contributed by atoms with Gasteiger partial charge in [0, 0.05) is 24.7 Å². The molecular weight excluding hydrogens is 448 g/mol. The third-order valence-corrected chi connectivity index (χ3v) is 6.36. The fourth-order valence-corrected chi connectivity index (χ4v) is 4.15. The molecular formula is C22H21ClN6O2S. The highest BCUT2D eigenvalue weighted by atomic mass is 35.5. The van der Waals surface area contributed by atoms with E-state index in [1.807, 2.05) is 54.1 Å². The molecule has 10 heteroatoms. The van der Waals surface area contributed by atoms with Crippen LogP contribution in [0.1, 0.15) is 5.69 Å². The fraction of sp³-hybridized carbons (Fsp3) is 0.182. The maximum absolute atomic E-state index is 12.9. The highest BCUT2D eigenvalue weighted by Crippen LogP contribution is 2.24. The zero-order valence-corrected chi connectivity index (χ0v) is 19.3. The highest BCUT2D eigenvalue weighted by molar-refractivity contribution is 7.99. The third kappa shape index (κ3) is 4.21. The molecule has 0 aliphatic carbocycles. The molecule has 2 heterocycles. The Morgan fingerprint density at radius 3 is 2.44 bits per heavy atom. The highest BCUT2D eigenvalue weighted by Gasteiger charge is 2.19. The van der Waals surface area contributed by atoms with Crippen LogP contribution in [0.4, 0.5) is 5.69 Å². The van der Waals surface area contributed by atoms with Crippen LogP contribution in [0.3, 0.4) is 0 Å². The maximum atomic E-state index is 12.9. The summed E-state index contributed by atoms with van der Waals surface area (Å²) >= 11 is 7.19. The molecule has 1 N–H and O–H groups in total. The van der Waals surface area contributed by atoms with Gasteiger partial charge in [0.25, 0.3) is 5.56 Å². The second kappa shape index (κ2) is 9.05. The van der Waals surface area contributed by atoms with E-state index in [1.165, 1.54) is 16.4 Å². The number of carbonyl (C=O) groups excluding carboxylic acids is 1. The van der Waals surface area contributed by atoms with Crippen LogP contribution in [0.2, 0.25) is 5.02 Å². The standard InChI is InChI=1S/C22H21ClN6O2S/c1-14-19(21(31)29(28(14)3)17-7-5-4-6-8-17)24-18(30)13-32-22-26-25-20(27(22)2)15-9-11-16(23)12-10-15/h4-12H,13H2,1-3H3,(H,24,30). The van der Waals surface area contributed by atoms with Gasteiger partial charge in [-0.25, -0.2) is 4.68 Å². The van der Waals surface area contributed by atoms with Crippen molar-refractivity contribution in [3.05, 3.63) is 75.7 Å². The van der Waals surface area contributed by atoms with Gasteiger partial charge in [0.1, 0.15) is 5.69 Å². The Balaban J connectivity index is 1.48. The Morgan fingerprint density at radius 2 is 1.75 bits per heavy atom. The van der Waals surface area contributed by atoms with E-state index < -0.39 is 0 Å². The first-order chi connectivity index (χ1) is 15.4. The van der Waals surface area contributed by atoms with E-state index in [-0.39, 0.29) is 22.9 Å². The lowest BCUT2D eigenvalue weighted by atomic mass is 10.2. The normalized spacial score (nSPS) is 11.0. The summed E-state index contributed by atoms with van der Waals surface area (Å²) in [4.78, 5) is 25.6. The molecule has 0 bridgehead atoms. The van der Waals surface area contributed by atoms with Crippen LogP contribution < -0.4 is 10.9 Å². The third-order valence-electron chi connectivity index (χ3n) is 5.09. The molecule has 0 atom stereocenters. The predicted octanol–water partition coefficient (Wildman–Crippen LogP) is 3.66. The van der Waals surface area contributed by atoms with Crippen molar-refractivity contribution in [1.82, 2.24) is 24.1 Å². The van der Waals surface area contributed by atoms with Gasteiger partial charge in [0.2, 0.25) is 5.91 Å². The second-order valence-electron chi connectivity index (χ2n) is 7.15. The summed E-state index contributed by atoms with van der Waals surface area (Å²) in [6.45, 7) is 1.80. The van der Waals surface area contributed by atoms with Crippen LogP contribution in [0.5, 0.6) is 0 Å². The zero-order valence-electron chi connectivity index (χ0n) is 17.7. The first kappa shape index (κ1) is 21.9. The van der Waals surface area contributed by atoms with Gasteiger partial charge in [0.05, 0.1) is 17.1 Å². The minimum Gasteiger partial charge on any atom is -0.319 e. The van der Waals surface area contributed by atoms with Gasteiger partial charge < -0.3 is 9.88 Å². The molecule has 0 spiro atoms. The number of nitrogens with one attached hydrogen (secondary N) is 1. The van der Waals surface area contributed by atoms with E-state index in [0.29, 0.717) is 21.7 Å². The molecule has 0 radical (unpaired) electrons. The summed E-state index contributed by atoms with van der Waals surface area (Å²) in [6.07, 6.45) is 0. The van der Waals surface area contributed by atoms with Crippen molar-refractivity contribution in [1.29, 1.82) is 0 Å². The summed E-state index contributed by atoms with van der Waals surface area (Å²) in [7, 11) is 3.62. The largest absolute Gasteiger partial charge is 0.319 e. The zero-order chi connectivity index (χ0) is 22.8. The van der Waals surface area contributed by atoms with Gasteiger partial charge in [-0.1, -0.05) is 41.6 Å². The van der Waals surface area contributed by atoms with E-state index >= 15 is 0 Å². The number of rotatable bonds is 6. The molecule has 32 heavy (non-hydrogen) atoms. The summed E-state index contributed by atoms with van der Waals surface area (Å²) in [5, 5.41) is 12.4. The number of amides is 1. The van der Waals surface area contributed by atoms with Gasteiger partial charge in [-0.05, 0) is 43.3 Å². The van der Waals surface area contributed by atoms with Crippen molar-refractivity contribution in [2.24, 2.45) is 14.1 Å². The molecule has 2 aromatic carbocycles. The number of aromatic nitrogens is 5. The topological polar surface area (TPSA) is 86.7 Å². The van der Waals surface area contributed by atoms with Crippen LogP contribution in [-0.2, 0) is 18.9 Å². The van der Waals surface area contributed by atoms with Crippen molar-refractivity contribution >= 4 is 35.0 Å². The number of hydrogen-bond donors (Lipinski definition) is 1. The Kier molecular flexibility index (Phi) is 6.20. The minimum absolute atomic E-state index is 0.0890. The van der Waals surface area contributed by atoms with Crippen LogP contribution in [0.15, 0.2) is 64.5 Å². The van der Waals surface area contributed by atoms with Crippen LogP contribution in [0.25, 0.3) is 17.1 Å². The molecule has 164 valence electrons. The molecule has 0 aliphatic rings. The first-order valence-corrected chi connectivity index (χ1v) is 11.1. The predicted molar refractivity (Wildman–Crippen MR) is 127 cm³/mol. The van der Waals surface area contributed by atoms with Crippen molar-refractivity contribution < 1.29 is 4.79 Å². The number of nitrogens with zero attached hydrogens (tertiary/aromatic N) is 5. The van der Waals surface area contributed by atoms with E-state index in [4.69, 9.17) is 11.6 Å². The number of thioether (sulfide) groups is 1. The monoisotopic (exact) mass is 468 g/mol. The minimum atomic E-state index is -0.294. The molecule has 0 saturated carbocycles. The summed E-state index contributed by atoms with van der Waals surface area (Å²) < 4.78 is 5.07. The van der Waals surface area contributed by atoms with E-state index in [0.717, 1.165) is 11.3 Å². The van der Waals surface area contributed by atoms with Gasteiger partial charge in [0.15, 0.2) is 11.0 Å². The van der Waals surface area contributed by atoms with Crippen molar-refractivity contribution in [2.45, 2.75) is 12.1 Å². The number of anilines is 1. The average molecular weight is 469 g/mol. The summed E-state index contributed by atoms with van der Waals surface area (Å²) in [5.41, 5.74) is 2.26. The number of benzene rings is 2. The van der Waals surface area contributed by atoms with E-state index in [9.17, 15) is 9.59 Å². The lowest BCUT2D eigenvalue weighted by molar-refractivity contribution is -0.113. The quantitative estimate of drug-likeness (QED) is 0.436. The average Bonchev–Trinajstić information content (AvgIpc) is 3.25. The van der Waals surface area contributed by atoms with Crippen LogP contribution in [-0.4, -0.2) is 35.8 Å².